The summed E-state index contributed by atoms with van der Waals surface area (Å²) in [7, 11) is 2.38. The minimum absolute atomic E-state index is 0.0361. The lowest BCUT2D eigenvalue weighted by atomic mass is 9.60. The molecule has 0 fully saturated rings. The molecule has 9 nitrogen and oxygen atoms in total. The fourth-order valence-corrected chi connectivity index (χ4v) is 5.79. The largest absolute Gasteiger partial charge is 0.511 e. The van der Waals surface area contributed by atoms with Crippen LogP contribution in [-0.2, 0) is 16.0 Å². The Labute approximate surface area is 210 Å². The second kappa shape index (κ2) is 8.32. The van der Waals surface area contributed by atoms with E-state index in [4.69, 9.17) is 5.73 Å². The summed E-state index contributed by atoms with van der Waals surface area (Å²) in [6, 6.07) is 1.73. The van der Waals surface area contributed by atoms with E-state index in [0.717, 1.165) is 0 Å². The summed E-state index contributed by atoms with van der Waals surface area (Å²) in [6.45, 7) is 0. The van der Waals surface area contributed by atoms with E-state index in [9.17, 15) is 34.8 Å². The van der Waals surface area contributed by atoms with Gasteiger partial charge in [0.15, 0.2) is 11.4 Å². The van der Waals surface area contributed by atoms with E-state index in [-0.39, 0.29) is 41.7 Å². The minimum Gasteiger partial charge on any atom is -0.511 e. The standard InChI is InChI=1S/C26H30N2O7S/c1-28(2)16-10-12(6-7-36(3,4)5)21(30)19-15(16)9-13-8-14-11-17(29)20(25(27)34)24(33)26(14,35)23(32)18(13)22(19)31/h10,13-14,29-30,32,35H,8-9,11H2,1-5H3,(H2,27,34)/t13-,14+,26+/m1/s1. The van der Waals surface area contributed by atoms with Gasteiger partial charge in [-0.1, -0.05) is 5.92 Å². The number of Topliss-reactive ketones (excluding diaryl/α,β-unsaturated/α-hetero) is 2. The van der Waals surface area contributed by atoms with Gasteiger partial charge in [-0.25, -0.2) is 0 Å². The number of fused-ring (bicyclic) bond motifs is 3. The predicted octanol–water partition coefficient (Wildman–Crippen LogP) is 1.65. The molecule has 3 aliphatic rings. The molecule has 0 heterocycles. The quantitative estimate of drug-likeness (QED) is 0.294. The van der Waals surface area contributed by atoms with E-state index in [0.29, 0.717) is 11.3 Å². The van der Waals surface area contributed by atoms with E-state index in [1.54, 1.807) is 20.2 Å². The van der Waals surface area contributed by atoms with Crippen molar-refractivity contribution in [1.29, 1.82) is 0 Å². The number of aliphatic hydroxyl groups excluding tert-OH is 2. The fraction of sp³-hybridized carbons (Fsp3) is 0.423. The highest BCUT2D eigenvalue weighted by Gasteiger charge is 2.59. The highest BCUT2D eigenvalue weighted by atomic mass is 32.3. The first-order valence-corrected chi connectivity index (χ1v) is 14.2. The molecule has 1 amide bonds. The molecular weight excluding hydrogens is 484 g/mol. The van der Waals surface area contributed by atoms with Gasteiger partial charge in [-0.05, 0) is 54.4 Å². The number of nitrogens with zero attached hydrogens (tertiary/aromatic N) is 1. The zero-order valence-corrected chi connectivity index (χ0v) is 21.6. The van der Waals surface area contributed by atoms with Gasteiger partial charge < -0.3 is 31.1 Å². The van der Waals surface area contributed by atoms with Crippen LogP contribution in [0, 0.1) is 23.0 Å². The Kier molecular flexibility index (Phi) is 5.93. The number of ketones is 2. The fourth-order valence-electron chi connectivity index (χ4n) is 5.37. The molecule has 0 radical (unpaired) electrons. The predicted molar refractivity (Wildman–Crippen MR) is 137 cm³/mol. The summed E-state index contributed by atoms with van der Waals surface area (Å²) in [5.74, 6) is -3.50. The molecule has 0 aromatic heterocycles. The molecule has 3 aliphatic carbocycles. The van der Waals surface area contributed by atoms with Crippen molar-refractivity contribution in [2.24, 2.45) is 17.6 Å². The molecule has 192 valence electrons. The summed E-state index contributed by atoms with van der Waals surface area (Å²) in [6.07, 6.45) is 6.06. The van der Waals surface area contributed by atoms with E-state index >= 15 is 0 Å². The maximum atomic E-state index is 13.8. The maximum Gasteiger partial charge on any atom is 0.255 e. The lowest BCUT2D eigenvalue weighted by Gasteiger charge is -2.45. The Bertz CT molecular complexity index is 1360. The number of carbonyl (C=O) groups is 3. The van der Waals surface area contributed by atoms with Crippen molar-refractivity contribution in [1.82, 2.24) is 0 Å². The summed E-state index contributed by atoms with van der Waals surface area (Å²) in [5.41, 5.74) is 3.16. The SMILES string of the molecule is CN(C)c1cc(C#CS(C)(C)C)c(O)c2c1C[C@H]1C[C@H]3CC(O)=C(C(N)=O)C(=O)[C@@]3(O)C(O)=C1C2=O. The number of rotatable bonds is 2. The second-order valence-corrected chi connectivity index (χ2v) is 14.4. The van der Waals surface area contributed by atoms with E-state index in [1.165, 1.54) is 0 Å². The Morgan fingerprint density at radius 1 is 1.17 bits per heavy atom. The summed E-state index contributed by atoms with van der Waals surface area (Å²) in [5, 5.41) is 47.1. The van der Waals surface area contributed by atoms with Gasteiger partial charge in [-0.15, -0.1) is 0 Å². The van der Waals surface area contributed by atoms with Crippen molar-refractivity contribution in [3.05, 3.63) is 45.4 Å². The van der Waals surface area contributed by atoms with Crippen LogP contribution >= 0.6 is 10.0 Å². The number of allylic oxidation sites excluding steroid dienone is 2. The molecule has 0 saturated carbocycles. The molecule has 0 spiro atoms. The van der Waals surface area contributed by atoms with E-state index in [1.807, 2.05) is 23.7 Å². The molecule has 0 unspecified atom stereocenters. The summed E-state index contributed by atoms with van der Waals surface area (Å²) in [4.78, 5) is 40.5. The van der Waals surface area contributed by atoms with Crippen LogP contribution in [-0.4, -0.2) is 76.4 Å². The Balaban J connectivity index is 1.94. The van der Waals surface area contributed by atoms with Crippen LogP contribution in [0.3, 0.4) is 0 Å². The molecule has 6 N–H and O–H groups in total. The molecule has 1 aromatic carbocycles. The molecule has 0 bridgehead atoms. The van der Waals surface area contributed by atoms with Crippen LogP contribution in [0.2, 0.25) is 0 Å². The molecule has 0 aliphatic heterocycles. The average molecular weight is 515 g/mol. The first-order chi connectivity index (χ1) is 16.6. The topological polar surface area (TPSA) is 161 Å². The lowest BCUT2D eigenvalue weighted by molar-refractivity contribution is -0.144. The van der Waals surface area contributed by atoms with Gasteiger partial charge in [0.2, 0.25) is 5.78 Å². The van der Waals surface area contributed by atoms with Crippen LogP contribution in [0.15, 0.2) is 28.7 Å². The Morgan fingerprint density at radius 2 is 1.81 bits per heavy atom. The highest BCUT2D eigenvalue weighted by Crippen LogP contribution is 2.52. The lowest BCUT2D eigenvalue weighted by Crippen LogP contribution is -2.57. The van der Waals surface area contributed by atoms with Crippen molar-refractivity contribution in [2.45, 2.75) is 24.9 Å². The first kappa shape index (κ1) is 25.7. The molecule has 3 atom stereocenters. The number of benzene rings is 1. The number of phenols is 1. The summed E-state index contributed by atoms with van der Waals surface area (Å²) >= 11 is 0. The molecule has 36 heavy (non-hydrogen) atoms. The third-order valence-electron chi connectivity index (χ3n) is 7.01. The van der Waals surface area contributed by atoms with Crippen molar-refractivity contribution in [3.63, 3.8) is 0 Å². The number of anilines is 1. The van der Waals surface area contributed by atoms with Crippen LogP contribution in [0.1, 0.15) is 34.3 Å². The number of aromatic hydroxyl groups is 1. The van der Waals surface area contributed by atoms with Gasteiger partial charge in [-0.2, -0.15) is 10.0 Å². The number of nitrogens with two attached hydrogens (primary N) is 1. The van der Waals surface area contributed by atoms with E-state index < -0.39 is 62.0 Å². The van der Waals surface area contributed by atoms with Crippen LogP contribution in [0.25, 0.3) is 0 Å². The third kappa shape index (κ3) is 3.74. The molecular formula is C26H30N2O7S. The monoisotopic (exact) mass is 514 g/mol. The van der Waals surface area contributed by atoms with Gasteiger partial charge in [-0.3, -0.25) is 14.4 Å². The van der Waals surface area contributed by atoms with Crippen LogP contribution in [0.5, 0.6) is 5.75 Å². The average Bonchev–Trinajstić information content (AvgIpc) is 2.74. The summed E-state index contributed by atoms with van der Waals surface area (Å²) < 4.78 is 0. The van der Waals surface area contributed by atoms with Gasteiger partial charge in [0.1, 0.15) is 22.8 Å². The number of amides is 1. The molecule has 0 saturated heterocycles. The van der Waals surface area contributed by atoms with Gasteiger partial charge in [0.25, 0.3) is 5.91 Å². The van der Waals surface area contributed by atoms with Crippen molar-refractivity contribution >= 4 is 33.2 Å². The number of primary amides is 1. The van der Waals surface area contributed by atoms with Crippen LogP contribution < -0.4 is 10.6 Å². The Hall–Kier alpha value is -3.42. The van der Waals surface area contributed by atoms with Crippen molar-refractivity contribution < 1.29 is 34.8 Å². The number of hydrogen-bond donors (Lipinski definition) is 5. The highest BCUT2D eigenvalue weighted by molar-refractivity contribution is 8.35. The maximum absolute atomic E-state index is 13.8. The second-order valence-electron chi connectivity index (χ2n) is 10.5. The van der Waals surface area contributed by atoms with Gasteiger partial charge in [0, 0.05) is 37.7 Å². The number of aliphatic hydroxyl groups is 3. The first-order valence-electron chi connectivity index (χ1n) is 11.3. The van der Waals surface area contributed by atoms with Gasteiger partial charge >= 0.3 is 0 Å². The third-order valence-corrected chi connectivity index (χ3v) is 7.73. The number of hydrogen-bond acceptors (Lipinski definition) is 8. The van der Waals surface area contributed by atoms with Crippen molar-refractivity contribution in [3.8, 4) is 16.9 Å². The molecule has 10 heteroatoms. The van der Waals surface area contributed by atoms with E-state index in [2.05, 4.69) is 11.2 Å². The zero-order valence-electron chi connectivity index (χ0n) is 20.8. The van der Waals surface area contributed by atoms with Crippen molar-refractivity contribution in [2.75, 3.05) is 37.8 Å². The van der Waals surface area contributed by atoms with Crippen LogP contribution in [0.4, 0.5) is 5.69 Å². The molecule has 4 rings (SSSR count). The number of phenolic OH excluding ortho intramolecular Hbond substituents is 1. The smallest absolute Gasteiger partial charge is 0.255 e. The molecule has 1 aromatic rings. The zero-order chi connectivity index (χ0) is 26.9. The minimum atomic E-state index is -2.58. The normalized spacial score (nSPS) is 25.9. The Morgan fingerprint density at radius 3 is 2.36 bits per heavy atom. The van der Waals surface area contributed by atoms with Gasteiger partial charge in [0.05, 0.1) is 11.1 Å². The number of carbonyl (C=O) groups excluding carboxylic acids is 3.